The zero-order valence-electron chi connectivity index (χ0n) is 14.7. The summed E-state index contributed by atoms with van der Waals surface area (Å²) in [6.07, 6.45) is 2.73. The van der Waals surface area contributed by atoms with Gasteiger partial charge in [-0.25, -0.2) is 0 Å². The van der Waals surface area contributed by atoms with Crippen LogP contribution in [0, 0.1) is 0 Å². The van der Waals surface area contributed by atoms with Gasteiger partial charge in [-0.2, -0.15) is 0 Å². The fourth-order valence-corrected chi connectivity index (χ4v) is 4.03. The summed E-state index contributed by atoms with van der Waals surface area (Å²) < 4.78 is 11.4. The van der Waals surface area contributed by atoms with E-state index in [1.165, 1.54) is 0 Å². The molecular formula is C19H27NO4. The third-order valence-electron chi connectivity index (χ3n) is 5.30. The number of rotatable bonds is 4. The summed E-state index contributed by atoms with van der Waals surface area (Å²) in [5, 5.41) is 10.0. The highest BCUT2D eigenvalue weighted by Crippen LogP contribution is 2.42. The van der Waals surface area contributed by atoms with Crippen LogP contribution in [0.4, 0.5) is 0 Å². The van der Waals surface area contributed by atoms with E-state index >= 15 is 0 Å². The van der Waals surface area contributed by atoms with Gasteiger partial charge in [0.25, 0.3) is 5.91 Å². The first-order valence-electron chi connectivity index (χ1n) is 8.76. The molecule has 1 aromatic rings. The first-order valence-corrected chi connectivity index (χ1v) is 8.76. The first-order chi connectivity index (χ1) is 11.4. The summed E-state index contributed by atoms with van der Waals surface area (Å²) in [7, 11) is 1.72. The molecule has 2 aliphatic rings. The molecule has 0 unspecified atom stereocenters. The van der Waals surface area contributed by atoms with Crippen molar-refractivity contribution >= 4 is 5.91 Å². The Morgan fingerprint density at radius 1 is 1.29 bits per heavy atom. The predicted molar refractivity (Wildman–Crippen MR) is 91.2 cm³/mol. The topological polar surface area (TPSA) is 59.0 Å². The molecule has 132 valence electrons. The molecule has 1 heterocycles. The highest BCUT2D eigenvalue weighted by atomic mass is 16.5. The molecule has 0 bridgehead atoms. The van der Waals surface area contributed by atoms with Gasteiger partial charge in [0.1, 0.15) is 5.75 Å². The molecule has 2 fully saturated rings. The van der Waals surface area contributed by atoms with Crippen molar-refractivity contribution in [1.29, 1.82) is 0 Å². The molecule has 5 heteroatoms. The van der Waals surface area contributed by atoms with Crippen LogP contribution in [0.1, 0.15) is 49.9 Å². The Labute approximate surface area is 143 Å². The maximum atomic E-state index is 12.9. The maximum Gasteiger partial charge on any atom is 0.254 e. The van der Waals surface area contributed by atoms with Gasteiger partial charge in [0.15, 0.2) is 0 Å². The van der Waals surface area contributed by atoms with Crippen molar-refractivity contribution in [1.82, 2.24) is 4.90 Å². The van der Waals surface area contributed by atoms with E-state index < -0.39 is 0 Å². The monoisotopic (exact) mass is 333 g/mol. The number of likely N-dealkylation sites (tertiary alicyclic amines) is 1. The van der Waals surface area contributed by atoms with E-state index in [1.54, 1.807) is 7.11 Å². The largest absolute Gasteiger partial charge is 0.491 e. The van der Waals surface area contributed by atoms with Crippen molar-refractivity contribution in [2.75, 3.05) is 13.7 Å². The van der Waals surface area contributed by atoms with Crippen LogP contribution >= 0.6 is 0 Å². The molecule has 1 saturated heterocycles. The standard InChI is InChI=1S/C19H27NO4/c1-13(2)24-16-6-4-14(5-7-16)18(22)20-11-10-19(23-3)9-8-15(21)12-17(19)20/h4-7,13,15,17,21H,8-12H2,1-3H3/t15-,17+,19-/m1/s1. The zero-order valence-corrected chi connectivity index (χ0v) is 14.7. The van der Waals surface area contributed by atoms with Gasteiger partial charge < -0.3 is 19.5 Å². The van der Waals surface area contributed by atoms with Crippen molar-refractivity contribution in [2.45, 2.75) is 63.4 Å². The molecule has 0 radical (unpaired) electrons. The Balaban J connectivity index is 1.77. The average molecular weight is 333 g/mol. The number of hydrogen-bond acceptors (Lipinski definition) is 4. The first kappa shape index (κ1) is 17.2. The van der Waals surface area contributed by atoms with E-state index in [2.05, 4.69) is 0 Å². The van der Waals surface area contributed by atoms with E-state index in [9.17, 15) is 9.90 Å². The second kappa shape index (κ2) is 6.73. The molecule has 0 spiro atoms. The fourth-order valence-electron chi connectivity index (χ4n) is 4.03. The third kappa shape index (κ3) is 3.15. The fraction of sp³-hybridized carbons (Fsp3) is 0.632. The van der Waals surface area contributed by atoms with Crippen molar-refractivity contribution in [3.8, 4) is 5.75 Å². The van der Waals surface area contributed by atoms with Gasteiger partial charge in [0.2, 0.25) is 0 Å². The van der Waals surface area contributed by atoms with Crippen molar-refractivity contribution < 1.29 is 19.4 Å². The van der Waals surface area contributed by atoms with Gasteiger partial charge in [0, 0.05) is 19.2 Å². The minimum absolute atomic E-state index is 0.00382. The normalized spacial score (nSPS) is 29.6. The van der Waals surface area contributed by atoms with Crippen molar-refractivity contribution in [3.05, 3.63) is 29.8 Å². The molecule has 1 N–H and O–H groups in total. The van der Waals surface area contributed by atoms with E-state index in [1.807, 2.05) is 43.0 Å². The quantitative estimate of drug-likeness (QED) is 0.920. The van der Waals surface area contributed by atoms with Crippen LogP contribution in [0.25, 0.3) is 0 Å². The molecule has 3 atom stereocenters. The van der Waals surface area contributed by atoms with Gasteiger partial charge in [-0.3, -0.25) is 4.79 Å². The second-order valence-electron chi connectivity index (χ2n) is 7.15. The predicted octanol–water partition coefficient (Wildman–Crippen LogP) is 2.62. The third-order valence-corrected chi connectivity index (χ3v) is 5.30. The van der Waals surface area contributed by atoms with E-state index in [4.69, 9.17) is 9.47 Å². The van der Waals surface area contributed by atoms with Crippen LogP contribution in [0.2, 0.25) is 0 Å². The van der Waals surface area contributed by atoms with Crippen LogP contribution in [0.3, 0.4) is 0 Å². The second-order valence-corrected chi connectivity index (χ2v) is 7.15. The number of ether oxygens (including phenoxy) is 2. The van der Waals surface area contributed by atoms with Crippen LogP contribution in [0.5, 0.6) is 5.75 Å². The summed E-state index contributed by atoms with van der Waals surface area (Å²) in [6, 6.07) is 7.24. The van der Waals surface area contributed by atoms with Crippen LogP contribution in [0.15, 0.2) is 24.3 Å². The summed E-state index contributed by atoms with van der Waals surface area (Å²) in [5.74, 6) is 0.770. The van der Waals surface area contributed by atoms with Gasteiger partial charge in [-0.15, -0.1) is 0 Å². The van der Waals surface area contributed by atoms with E-state index in [0.717, 1.165) is 25.0 Å². The maximum absolute atomic E-state index is 12.9. The Kier molecular flexibility index (Phi) is 4.83. The van der Waals surface area contributed by atoms with Crippen molar-refractivity contribution in [3.63, 3.8) is 0 Å². The summed E-state index contributed by atoms with van der Waals surface area (Å²) in [6.45, 7) is 4.62. The molecule has 1 aliphatic carbocycles. The molecule has 3 rings (SSSR count). The van der Waals surface area contributed by atoms with Crippen LogP contribution < -0.4 is 4.74 Å². The van der Waals surface area contributed by atoms with Gasteiger partial charge >= 0.3 is 0 Å². The number of fused-ring (bicyclic) bond motifs is 1. The van der Waals surface area contributed by atoms with E-state index in [0.29, 0.717) is 18.5 Å². The Morgan fingerprint density at radius 2 is 2.00 bits per heavy atom. The molecule has 1 aliphatic heterocycles. The van der Waals surface area contributed by atoms with Gasteiger partial charge in [-0.1, -0.05) is 0 Å². The number of nitrogens with zero attached hydrogens (tertiary/aromatic N) is 1. The molecule has 1 aromatic carbocycles. The number of benzene rings is 1. The van der Waals surface area contributed by atoms with Crippen LogP contribution in [-0.2, 0) is 4.74 Å². The number of aliphatic hydroxyl groups is 1. The number of hydrogen-bond donors (Lipinski definition) is 1. The molecule has 24 heavy (non-hydrogen) atoms. The Morgan fingerprint density at radius 3 is 2.62 bits per heavy atom. The highest BCUT2D eigenvalue weighted by molar-refractivity contribution is 5.95. The lowest BCUT2D eigenvalue weighted by molar-refractivity contribution is -0.0824. The molecular weight excluding hydrogens is 306 g/mol. The van der Waals surface area contributed by atoms with Crippen molar-refractivity contribution in [2.24, 2.45) is 0 Å². The number of amides is 1. The lowest BCUT2D eigenvalue weighted by Crippen LogP contribution is -2.52. The van der Waals surface area contributed by atoms with Crippen LogP contribution in [-0.4, -0.2) is 53.4 Å². The summed E-state index contributed by atoms with van der Waals surface area (Å²) in [4.78, 5) is 14.8. The minimum atomic E-state index is -0.353. The summed E-state index contributed by atoms with van der Waals surface area (Å²) >= 11 is 0. The number of aliphatic hydroxyl groups excluding tert-OH is 1. The number of carbonyl (C=O) groups is 1. The van der Waals surface area contributed by atoms with Gasteiger partial charge in [0.05, 0.1) is 23.9 Å². The Hall–Kier alpha value is -1.59. The summed E-state index contributed by atoms with van der Waals surface area (Å²) in [5.41, 5.74) is 0.355. The molecule has 1 amide bonds. The molecule has 5 nitrogen and oxygen atoms in total. The van der Waals surface area contributed by atoms with E-state index in [-0.39, 0.29) is 29.8 Å². The average Bonchev–Trinajstić information content (AvgIpc) is 2.93. The molecule has 1 saturated carbocycles. The number of methoxy groups -OCH3 is 1. The zero-order chi connectivity index (χ0) is 17.3. The number of carbonyl (C=O) groups excluding carboxylic acids is 1. The SMILES string of the molecule is CO[C@@]12CC[C@@H](O)C[C@@H]1N(C(=O)c1ccc(OC(C)C)cc1)CC2. The van der Waals surface area contributed by atoms with Gasteiger partial charge in [-0.05, 0) is 63.8 Å². The lowest BCUT2D eigenvalue weighted by Gasteiger charge is -2.42. The molecule has 0 aromatic heterocycles. The smallest absolute Gasteiger partial charge is 0.254 e. The highest BCUT2D eigenvalue weighted by Gasteiger charge is 2.52. The minimum Gasteiger partial charge on any atom is -0.491 e. The Bertz CT molecular complexity index is 586. The lowest BCUT2D eigenvalue weighted by atomic mass is 9.79.